The van der Waals surface area contributed by atoms with Crippen molar-refractivity contribution >= 4 is 11.8 Å². The molecule has 2 aliphatic rings. The van der Waals surface area contributed by atoms with Crippen LogP contribution in [-0.2, 0) is 35.0 Å². The number of carbonyl (C=O) groups excluding carboxylic acids is 2. The molecule has 3 rings (SSSR count). The highest BCUT2D eigenvalue weighted by molar-refractivity contribution is 6.04. The van der Waals surface area contributed by atoms with Crippen molar-refractivity contribution in [3.63, 3.8) is 0 Å². The molecular weight excluding hydrogens is 598 g/mol. The Morgan fingerprint density at radius 3 is 2.36 bits per heavy atom. The zero-order valence-corrected chi connectivity index (χ0v) is 30.7. The number of aliphatic hydroxyl groups excluding tert-OH is 1. The number of Topliss-reactive ketones (excluding diaryl/α,β-unsaturated/α-hetero) is 1. The largest absolute Gasteiger partial charge is 0.464 e. The molecule has 1 N–H and O–H groups in total. The first-order valence-corrected chi connectivity index (χ1v) is 17.5. The van der Waals surface area contributed by atoms with Crippen molar-refractivity contribution in [2.45, 2.75) is 103 Å². The molecule has 0 amide bonds. The smallest absolute Gasteiger partial charge is 0.319 e. The molecular formula is C37H63N3O7. The molecule has 0 radical (unpaired) electrons. The van der Waals surface area contributed by atoms with Gasteiger partial charge in [-0.15, -0.1) is 0 Å². The highest BCUT2D eigenvalue weighted by Crippen LogP contribution is 2.38. The molecule has 1 aromatic carbocycles. The number of methoxy groups -OCH3 is 1. The van der Waals surface area contributed by atoms with Crippen molar-refractivity contribution in [2.24, 2.45) is 17.3 Å². The molecule has 0 spiro atoms. The zero-order chi connectivity index (χ0) is 34.9. The molecule has 0 saturated carbocycles. The highest BCUT2D eigenvalue weighted by Gasteiger charge is 2.51. The first kappa shape index (κ1) is 39.5. The van der Waals surface area contributed by atoms with Crippen LogP contribution in [0.4, 0.5) is 0 Å². The number of hydrogen-bond donors (Lipinski definition) is 1. The second kappa shape index (κ2) is 17.7. The standard InChI is InChI=1S/C37H63N3O7/c1-26-24-37(6,44-10)33(47-34-31(41)30(38(7)8)23-27(2)46-34)28(3)32(42)36(4,5)35(43)45-22-21-40(19-14-18-39(9)25-26)20-17-29-15-12-11-13-16-29/h11-13,15-16,26-28,30-31,33-34,41H,14,17-25H2,1-10H3/t26-,27-,28+,30+,31-,33-,34+,37-/m1/s1. The van der Waals surface area contributed by atoms with Gasteiger partial charge in [-0.3, -0.25) is 14.5 Å². The van der Waals surface area contributed by atoms with Crippen molar-refractivity contribution in [3.8, 4) is 0 Å². The monoisotopic (exact) mass is 661 g/mol. The topological polar surface area (TPSA) is 101 Å². The Hall–Kier alpha value is -1.92. The van der Waals surface area contributed by atoms with Gasteiger partial charge in [0.2, 0.25) is 0 Å². The van der Waals surface area contributed by atoms with Gasteiger partial charge in [-0.05, 0) is 99.1 Å². The van der Waals surface area contributed by atoms with Crippen molar-refractivity contribution in [2.75, 3.05) is 67.6 Å². The molecule has 0 aromatic heterocycles. The van der Waals surface area contributed by atoms with Crippen LogP contribution in [0.3, 0.4) is 0 Å². The first-order valence-electron chi connectivity index (χ1n) is 17.5. The van der Waals surface area contributed by atoms with E-state index in [0.717, 1.165) is 39.0 Å². The first-order chi connectivity index (χ1) is 22.1. The number of ketones is 1. The fourth-order valence-corrected chi connectivity index (χ4v) is 7.37. The number of rotatable bonds is 7. The molecule has 0 bridgehead atoms. The summed E-state index contributed by atoms with van der Waals surface area (Å²) in [7, 11) is 7.64. The number of benzene rings is 1. The Bertz CT molecular complexity index is 1120. The quantitative estimate of drug-likeness (QED) is 0.342. The average Bonchev–Trinajstić information content (AvgIpc) is 3.02. The molecule has 47 heavy (non-hydrogen) atoms. The minimum Gasteiger partial charge on any atom is -0.464 e. The Balaban J connectivity index is 1.89. The maximum atomic E-state index is 14.3. The lowest BCUT2D eigenvalue weighted by atomic mass is 9.74. The summed E-state index contributed by atoms with van der Waals surface area (Å²) in [6.45, 7) is 15.5. The molecule has 0 unspecified atom stereocenters. The summed E-state index contributed by atoms with van der Waals surface area (Å²) in [6.07, 6.45) is 0.273. The van der Waals surface area contributed by atoms with Crippen LogP contribution in [0.15, 0.2) is 30.3 Å². The van der Waals surface area contributed by atoms with Crippen molar-refractivity contribution in [1.82, 2.24) is 14.7 Å². The third-order valence-corrected chi connectivity index (χ3v) is 10.2. The SMILES string of the molecule is CO[C@]1(C)C[C@@H](C)CN(C)CCCN(CCc2ccccc2)CCOC(=O)C(C)(C)C(=O)[C@H](C)[C@H]1O[C@@H]1O[C@H](C)C[C@H](N(C)C)[C@H]1O. The van der Waals surface area contributed by atoms with Crippen LogP contribution in [-0.4, -0.2) is 135 Å². The normalized spacial score (nSPS) is 34.6. The van der Waals surface area contributed by atoms with Crippen LogP contribution < -0.4 is 0 Å². The second-order valence-electron chi connectivity index (χ2n) is 15.1. The molecule has 0 aliphatic carbocycles. The predicted octanol–water partition coefficient (Wildman–Crippen LogP) is 3.88. The van der Waals surface area contributed by atoms with Gasteiger partial charge in [0.1, 0.15) is 18.1 Å². The fraction of sp³-hybridized carbons (Fsp3) is 0.784. The van der Waals surface area contributed by atoms with Crippen molar-refractivity contribution < 1.29 is 33.6 Å². The average molecular weight is 662 g/mol. The summed E-state index contributed by atoms with van der Waals surface area (Å²) in [6, 6.07) is 10.2. The van der Waals surface area contributed by atoms with Crippen molar-refractivity contribution in [1.29, 1.82) is 0 Å². The van der Waals surface area contributed by atoms with Gasteiger partial charge >= 0.3 is 5.97 Å². The molecule has 268 valence electrons. The molecule has 10 nitrogen and oxygen atoms in total. The fourth-order valence-electron chi connectivity index (χ4n) is 7.37. The number of esters is 1. The van der Waals surface area contributed by atoms with Crippen LogP contribution in [0.25, 0.3) is 0 Å². The maximum Gasteiger partial charge on any atom is 0.319 e. The second-order valence-corrected chi connectivity index (χ2v) is 15.1. The Kier molecular flexibility index (Phi) is 14.8. The third-order valence-electron chi connectivity index (χ3n) is 10.2. The summed E-state index contributed by atoms with van der Waals surface area (Å²) >= 11 is 0. The summed E-state index contributed by atoms with van der Waals surface area (Å²) in [5, 5.41) is 11.4. The summed E-state index contributed by atoms with van der Waals surface area (Å²) < 4.78 is 24.9. The van der Waals surface area contributed by atoms with Crippen LogP contribution in [0.1, 0.15) is 66.4 Å². The Morgan fingerprint density at radius 1 is 1.04 bits per heavy atom. The van der Waals surface area contributed by atoms with Crippen LogP contribution in [0, 0.1) is 17.3 Å². The molecule has 2 saturated heterocycles. The van der Waals surface area contributed by atoms with Crippen LogP contribution in [0.5, 0.6) is 0 Å². The molecule has 8 atom stereocenters. The molecule has 2 fully saturated rings. The summed E-state index contributed by atoms with van der Waals surface area (Å²) in [4.78, 5) is 34.5. The predicted molar refractivity (Wildman–Crippen MR) is 184 cm³/mol. The lowest BCUT2D eigenvalue weighted by Gasteiger charge is -2.47. The molecule has 1 aromatic rings. The molecule has 10 heteroatoms. The van der Waals surface area contributed by atoms with E-state index in [0.29, 0.717) is 19.4 Å². The minimum absolute atomic E-state index is 0.156. The van der Waals surface area contributed by atoms with E-state index in [1.54, 1.807) is 27.9 Å². The van der Waals surface area contributed by atoms with Crippen molar-refractivity contribution in [3.05, 3.63) is 35.9 Å². The lowest BCUT2D eigenvalue weighted by Crippen LogP contribution is -2.59. The van der Waals surface area contributed by atoms with E-state index in [9.17, 15) is 14.7 Å². The number of carbonyl (C=O) groups is 2. The summed E-state index contributed by atoms with van der Waals surface area (Å²) in [5.74, 6) is -1.42. The van der Waals surface area contributed by atoms with Gasteiger partial charge in [-0.1, -0.05) is 44.2 Å². The summed E-state index contributed by atoms with van der Waals surface area (Å²) in [5.41, 5.74) is -1.07. The lowest BCUT2D eigenvalue weighted by molar-refractivity contribution is -0.295. The zero-order valence-electron chi connectivity index (χ0n) is 30.7. The van der Waals surface area contributed by atoms with E-state index in [1.165, 1.54) is 5.56 Å². The minimum atomic E-state index is -1.42. The van der Waals surface area contributed by atoms with Gasteiger partial charge in [-0.2, -0.15) is 0 Å². The highest BCUT2D eigenvalue weighted by atomic mass is 16.7. The van der Waals surface area contributed by atoms with Gasteiger partial charge < -0.3 is 33.9 Å². The molecule has 2 heterocycles. The number of aliphatic hydroxyl groups is 1. The van der Waals surface area contributed by atoms with E-state index < -0.39 is 41.4 Å². The van der Waals surface area contributed by atoms with Gasteiger partial charge in [0.15, 0.2) is 12.1 Å². The van der Waals surface area contributed by atoms with Gasteiger partial charge in [0, 0.05) is 38.7 Å². The van der Waals surface area contributed by atoms with Gasteiger partial charge in [0.25, 0.3) is 0 Å². The van der Waals surface area contributed by atoms with Crippen LogP contribution in [0.2, 0.25) is 0 Å². The van der Waals surface area contributed by atoms with E-state index in [2.05, 4.69) is 48.0 Å². The number of nitrogens with zero attached hydrogens (tertiary/aromatic N) is 3. The third kappa shape index (κ3) is 10.8. The number of ether oxygens (including phenoxy) is 4. The van der Waals surface area contributed by atoms with Gasteiger partial charge in [0.05, 0.1) is 17.8 Å². The van der Waals surface area contributed by atoms with Crippen LogP contribution >= 0.6 is 0 Å². The molecule has 2 aliphatic heterocycles. The van der Waals surface area contributed by atoms with E-state index >= 15 is 0 Å². The number of cyclic esters (lactones) is 1. The van der Waals surface area contributed by atoms with Gasteiger partial charge in [-0.25, -0.2) is 0 Å². The Morgan fingerprint density at radius 2 is 1.72 bits per heavy atom. The number of likely N-dealkylation sites (N-methyl/N-ethyl adjacent to an activating group) is 1. The maximum absolute atomic E-state index is 14.3. The Labute approximate surface area is 284 Å². The van der Waals surface area contributed by atoms with E-state index in [-0.39, 0.29) is 30.5 Å². The van der Waals surface area contributed by atoms with E-state index in [1.807, 2.05) is 38.9 Å². The van der Waals surface area contributed by atoms with E-state index in [4.69, 9.17) is 18.9 Å². The number of hydrogen-bond acceptors (Lipinski definition) is 10.